The summed E-state index contributed by atoms with van der Waals surface area (Å²) in [5, 5.41) is 4.70. The molecule has 102 valence electrons. The molecule has 19 heavy (non-hydrogen) atoms. The van der Waals surface area contributed by atoms with Crippen LogP contribution in [0.15, 0.2) is 33.7 Å². The minimum Gasteiger partial charge on any atom is -0.339 e. The number of nitrogens with two attached hydrogens (primary N) is 1. The Morgan fingerprint density at radius 1 is 1.42 bits per heavy atom. The lowest BCUT2D eigenvalue weighted by atomic mass is 9.94. The van der Waals surface area contributed by atoms with Crippen molar-refractivity contribution in [3.8, 4) is 0 Å². The number of aromatic nitrogens is 2. The summed E-state index contributed by atoms with van der Waals surface area (Å²) < 4.78 is 5.25. The van der Waals surface area contributed by atoms with Crippen molar-refractivity contribution in [2.24, 2.45) is 5.73 Å². The highest BCUT2D eigenvalue weighted by Crippen LogP contribution is 2.25. The van der Waals surface area contributed by atoms with Gasteiger partial charge in [0, 0.05) is 16.5 Å². The first kappa shape index (κ1) is 14.4. The second-order valence-electron chi connectivity index (χ2n) is 4.85. The Bertz CT molecular complexity index is 556. The van der Waals surface area contributed by atoms with E-state index in [0.29, 0.717) is 24.0 Å². The summed E-state index contributed by atoms with van der Waals surface area (Å²) in [4.78, 5) is 5.46. The van der Waals surface area contributed by atoms with Crippen LogP contribution in [0.1, 0.15) is 25.6 Å². The Kier molecular flexibility index (Phi) is 4.50. The smallest absolute Gasteiger partial charge is 0.233 e. The van der Waals surface area contributed by atoms with Gasteiger partial charge < -0.3 is 10.3 Å². The summed E-state index contributed by atoms with van der Waals surface area (Å²) in [6, 6.07) is 7.68. The standard InChI is InChI=1S/C13H16ClN3OS/c1-13(2,8-15)12-16-11(17-18-12)7-19-10-5-3-4-9(14)6-10/h3-6H,7-8,15H2,1-2H3. The third-order valence-corrected chi connectivity index (χ3v) is 3.95. The molecule has 0 atom stereocenters. The fraction of sp³-hybridized carbons (Fsp3) is 0.385. The highest BCUT2D eigenvalue weighted by atomic mass is 35.5. The van der Waals surface area contributed by atoms with Crippen LogP contribution >= 0.6 is 23.4 Å². The highest BCUT2D eigenvalue weighted by molar-refractivity contribution is 7.98. The zero-order valence-corrected chi connectivity index (χ0v) is 12.5. The Hall–Kier alpha value is -1.04. The molecule has 1 aromatic heterocycles. The molecule has 2 N–H and O–H groups in total. The fourth-order valence-electron chi connectivity index (χ4n) is 1.38. The summed E-state index contributed by atoms with van der Waals surface area (Å²) in [6.45, 7) is 4.43. The topological polar surface area (TPSA) is 64.9 Å². The summed E-state index contributed by atoms with van der Waals surface area (Å²) in [6.07, 6.45) is 0. The number of halogens is 1. The SMILES string of the molecule is CC(C)(CN)c1nc(CSc2cccc(Cl)c2)no1. The van der Waals surface area contributed by atoms with Crippen LogP contribution < -0.4 is 5.73 Å². The van der Waals surface area contributed by atoms with Gasteiger partial charge in [0.15, 0.2) is 5.82 Å². The van der Waals surface area contributed by atoms with E-state index in [4.69, 9.17) is 21.9 Å². The van der Waals surface area contributed by atoms with Crippen LogP contribution in [-0.2, 0) is 11.2 Å². The van der Waals surface area contributed by atoms with E-state index in [-0.39, 0.29) is 5.41 Å². The van der Waals surface area contributed by atoms with E-state index in [1.54, 1.807) is 11.8 Å². The number of thioether (sulfide) groups is 1. The molecule has 6 heteroatoms. The maximum absolute atomic E-state index is 5.93. The zero-order chi connectivity index (χ0) is 13.9. The maximum Gasteiger partial charge on any atom is 0.233 e. The Labute approximate surface area is 121 Å². The molecule has 1 heterocycles. The van der Waals surface area contributed by atoms with Crippen LogP contribution in [0.3, 0.4) is 0 Å². The molecule has 0 aliphatic heterocycles. The van der Waals surface area contributed by atoms with Crippen LogP contribution in [0, 0.1) is 0 Å². The van der Waals surface area contributed by atoms with E-state index in [2.05, 4.69) is 10.1 Å². The van der Waals surface area contributed by atoms with Gasteiger partial charge in [-0.2, -0.15) is 4.98 Å². The first-order valence-corrected chi connectivity index (χ1v) is 7.29. The lowest BCUT2D eigenvalue weighted by Gasteiger charge is -2.15. The van der Waals surface area contributed by atoms with E-state index < -0.39 is 0 Å². The van der Waals surface area contributed by atoms with Crippen molar-refractivity contribution >= 4 is 23.4 Å². The van der Waals surface area contributed by atoms with Gasteiger partial charge >= 0.3 is 0 Å². The predicted octanol–water partition coefficient (Wildman–Crippen LogP) is 3.25. The lowest BCUT2D eigenvalue weighted by molar-refractivity contribution is 0.309. The van der Waals surface area contributed by atoms with Gasteiger partial charge in [-0.3, -0.25) is 0 Å². The normalized spacial score (nSPS) is 11.8. The molecule has 0 aliphatic carbocycles. The Morgan fingerprint density at radius 3 is 2.89 bits per heavy atom. The Balaban J connectivity index is 2.01. The molecular formula is C13H16ClN3OS. The van der Waals surface area contributed by atoms with Gasteiger partial charge in [-0.1, -0.05) is 22.8 Å². The van der Waals surface area contributed by atoms with Crippen molar-refractivity contribution in [2.45, 2.75) is 29.9 Å². The summed E-state index contributed by atoms with van der Waals surface area (Å²) in [7, 11) is 0. The van der Waals surface area contributed by atoms with Gasteiger partial charge in [0.1, 0.15) is 0 Å². The first-order chi connectivity index (χ1) is 9.01. The molecule has 2 rings (SSSR count). The van der Waals surface area contributed by atoms with Crippen molar-refractivity contribution in [3.63, 3.8) is 0 Å². The molecular weight excluding hydrogens is 282 g/mol. The monoisotopic (exact) mass is 297 g/mol. The molecule has 0 saturated heterocycles. The molecule has 0 radical (unpaired) electrons. The van der Waals surface area contributed by atoms with Gasteiger partial charge in [0.2, 0.25) is 5.89 Å². The van der Waals surface area contributed by atoms with Crippen LogP contribution in [0.2, 0.25) is 5.02 Å². The van der Waals surface area contributed by atoms with Crippen molar-refractivity contribution in [3.05, 3.63) is 41.0 Å². The molecule has 0 unspecified atom stereocenters. The molecule has 0 aliphatic rings. The number of nitrogens with zero attached hydrogens (tertiary/aromatic N) is 2. The second-order valence-corrected chi connectivity index (χ2v) is 6.34. The van der Waals surface area contributed by atoms with Gasteiger partial charge in [0.25, 0.3) is 0 Å². The van der Waals surface area contributed by atoms with Gasteiger partial charge in [-0.15, -0.1) is 11.8 Å². The average molecular weight is 298 g/mol. The van der Waals surface area contributed by atoms with E-state index in [0.717, 1.165) is 9.92 Å². The van der Waals surface area contributed by atoms with Crippen LogP contribution in [-0.4, -0.2) is 16.7 Å². The van der Waals surface area contributed by atoms with Gasteiger partial charge in [0.05, 0.1) is 11.2 Å². The average Bonchev–Trinajstić information content (AvgIpc) is 2.86. The maximum atomic E-state index is 5.93. The van der Waals surface area contributed by atoms with E-state index in [1.807, 2.05) is 38.1 Å². The van der Waals surface area contributed by atoms with Crippen LogP contribution in [0.5, 0.6) is 0 Å². The van der Waals surface area contributed by atoms with Crippen molar-refractivity contribution < 1.29 is 4.52 Å². The molecule has 4 nitrogen and oxygen atoms in total. The van der Waals surface area contributed by atoms with E-state index in [9.17, 15) is 0 Å². The van der Waals surface area contributed by atoms with Crippen LogP contribution in [0.25, 0.3) is 0 Å². The molecule has 2 aromatic rings. The molecule has 0 saturated carbocycles. The van der Waals surface area contributed by atoms with E-state index in [1.165, 1.54) is 0 Å². The minimum absolute atomic E-state index is 0.286. The van der Waals surface area contributed by atoms with Gasteiger partial charge in [-0.25, -0.2) is 0 Å². The van der Waals surface area contributed by atoms with Crippen molar-refractivity contribution in [1.29, 1.82) is 0 Å². The van der Waals surface area contributed by atoms with Crippen molar-refractivity contribution in [2.75, 3.05) is 6.54 Å². The highest BCUT2D eigenvalue weighted by Gasteiger charge is 2.25. The summed E-state index contributed by atoms with van der Waals surface area (Å²) in [5.41, 5.74) is 5.40. The molecule has 0 amide bonds. The third kappa shape index (κ3) is 3.72. The molecule has 0 bridgehead atoms. The largest absolute Gasteiger partial charge is 0.339 e. The fourth-order valence-corrected chi connectivity index (χ4v) is 2.43. The molecule has 0 fully saturated rings. The molecule has 0 spiro atoms. The number of rotatable bonds is 5. The quantitative estimate of drug-likeness (QED) is 0.858. The molecule has 1 aromatic carbocycles. The number of hydrogen-bond acceptors (Lipinski definition) is 5. The third-order valence-electron chi connectivity index (χ3n) is 2.72. The summed E-state index contributed by atoms with van der Waals surface area (Å²) in [5.74, 6) is 1.89. The van der Waals surface area contributed by atoms with Crippen molar-refractivity contribution in [1.82, 2.24) is 10.1 Å². The van der Waals surface area contributed by atoms with E-state index >= 15 is 0 Å². The minimum atomic E-state index is -0.286. The van der Waals surface area contributed by atoms with Gasteiger partial charge in [-0.05, 0) is 32.0 Å². The number of benzene rings is 1. The zero-order valence-electron chi connectivity index (χ0n) is 10.9. The summed E-state index contributed by atoms with van der Waals surface area (Å²) >= 11 is 7.55. The first-order valence-electron chi connectivity index (χ1n) is 5.93. The second kappa shape index (κ2) is 5.94. The van der Waals surface area contributed by atoms with Crippen LogP contribution in [0.4, 0.5) is 0 Å². The number of hydrogen-bond donors (Lipinski definition) is 1. The predicted molar refractivity (Wildman–Crippen MR) is 77.4 cm³/mol. The lowest BCUT2D eigenvalue weighted by Crippen LogP contribution is -2.28. The Morgan fingerprint density at radius 2 is 2.21 bits per heavy atom.